The Labute approximate surface area is 234 Å². The van der Waals surface area contributed by atoms with Crippen LogP contribution in [0.5, 0.6) is 5.75 Å². The molecule has 1 heterocycles. The average Bonchev–Trinajstić information content (AvgIpc) is 3.39. The Balaban J connectivity index is 1.36. The Bertz CT molecular complexity index is 1490. The molecular weight excluding hydrogens is 564 g/mol. The van der Waals surface area contributed by atoms with Crippen LogP contribution in [0, 0.1) is 0 Å². The van der Waals surface area contributed by atoms with Crippen molar-refractivity contribution in [1.82, 2.24) is 5.43 Å². The quantitative estimate of drug-likeness (QED) is 0.183. The zero-order chi connectivity index (χ0) is 26.5. The molecule has 1 aliphatic heterocycles. The maximum atomic E-state index is 12.4. The molecule has 4 aromatic rings. The second-order valence-electron chi connectivity index (χ2n) is 8.66. The minimum Gasteiger partial charge on any atom is -0.497 e. The number of nitrogens with zero attached hydrogens (tertiary/aromatic N) is 3. The van der Waals surface area contributed by atoms with Crippen molar-refractivity contribution < 1.29 is 9.53 Å². The van der Waals surface area contributed by atoms with E-state index in [-0.39, 0.29) is 11.9 Å². The predicted octanol–water partition coefficient (Wildman–Crippen LogP) is 7.23. The van der Waals surface area contributed by atoms with Gasteiger partial charge < -0.3 is 4.74 Å². The average molecular weight is 588 g/mol. The molecule has 5 rings (SSSR count). The molecule has 0 saturated carbocycles. The molecular formula is C30H24BrClN4O2. The number of ether oxygens (including phenoxy) is 1. The fourth-order valence-corrected chi connectivity index (χ4v) is 4.83. The number of hydrogen-bond donors (Lipinski definition) is 1. The SMILES string of the molecule is COc1ccc(C2CC(c3ccc(Cl)cc3)=NN2c2ccc(/C=N/NC(=O)c3ccccc3Br)cc2)cc1. The summed E-state index contributed by atoms with van der Waals surface area (Å²) in [6.07, 6.45) is 2.37. The summed E-state index contributed by atoms with van der Waals surface area (Å²) in [5.74, 6) is 0.529. The van der Waals surface area contributed by atoms with Gasteiger partial charge in [0.2, 0.25) is 0 Å². The summed E-state index contributed by atoms with van der Waals surface area (Å²) in [5, 5.41) is 11.8. The normalized spacial score (nSPS) is 15.0. The Kier molecular flexibility index (Phi) is 7.86. The van der Waals surface area contributed by atoms with Crippen LogP contribution in [0.1, 0.15) is 39.5 Å². The first-order chi connectivity index (χ1) is 18.5. The number of halogens is 2. The molecule has 1 atom stereocenters. The molecule has 0 bridgehead atoms. The summed E-state index contributed by atoms with van der Waals surface area (Å²) in [6.45, 7) is 0. The van der Waals surface area contributed by atoms with Gasteiger partial charge >= 0.3 is 0 Å². The molecule has 4 aromatic carbocycles. The van der Waals surface area contributed by atoms with E-state index in [1.807, 2.05) is 77.8 Å². The number of carbonyl (C=O) groups excluding carboxylic acids is 1. The lowest BCUT2D eigenvalue weighted by atomic mass is 9.98. The summed E-state index contributed by atoms with van der Waals surface area (Å²) in [4.78, 5) is 12.4. The highest BCUT2D eigenvalue weighted by atomic mass is 79.9. The molecule has 1 amide bonds. The first-order valence-electron chi connectivity index (χ1n) is 12.0. The summed E-state index contributed by atoms with van der Waals surface area (Å²) in [6, 6.07) is 31.0. The first-order valence-corrected chi connectivity index (χ1v) is 13.1. The Morgan fingerprint density at radius 3 is 2.42 bits per heavy atom. The van der Waals surface area contributed by atoms with E-state index in [4.69, 9.17) is 21.4 Å². The van der Waals surface area contributed by atoms with Crippen molar-refractivity contribution in [2.75, 3.05) is 12.1 Å². The van der Waals surface area contributed by atoms with E-state index in [0.717, 1.165) is 40.3 Å². The number of amides is 1. The van der Waals surface area contributed by atoms with Crippen molar-refractivity contribution in [1.29, 1.82) is 0 Å². The number of hydrazone groups is 2. The van der Waals surface area contributed by atoms with E-state index in [1.165, 1.54) is 0 Å². The van der Waals surface area contributed by atoms with Crippen LogP contribution < -0.4 is 15.2 Å². The van der Waals surface area contributed by atoms with Crippen molar-refractivity contribution in [2.45, 2.75) is 12.5 Å². The number of rotatable bonds is 7. The van der Waals surface area contributed by atoms with Crippen molar-refractivity contribution in [2.24, 2.45) is 10.2 Å². The van der Waals surface area contributed by atoms with E-state index >= 15 is 0 Å². The maximum Gasteiger partial charge on any atom is 0.272 e. The number of hydrogen-bond acceptors (Lipinski definition) is 5. The van der Waals surface area contributed by atoms with Gasteiger partial charge in [0.25, 0.3) is 5.91 Å². The standard InChI is InChI=1S/C30H24BrClN4O2/c1-38-25-16-10-22(11-17-25)29-18-28(21-8-12-23(32)13-9-21)35-36(29)24-14-6-20(7-15-24)19-33-34-30(37)26-4-2-3-5-27(26)31/h2-17,19,29H,18H2,1H3,(H,34,37)/b33-19+. The summed E-state index contributed by atoms with van der Waals surface area (Å²) in [5.41, 5.74) is 8.06. The topological polar surface area (TPSA) is 66.3 Å². The number of anilines is 1. The molecule has 38 heavy (non-hydrogen) atoms. The first kappa shape index (κ1) is 25.7. The molecule has 0 spiro atoms. The number of methoxy groups -OCH3 is 1. The number of nitrogens with one attached hydrogen (secondary N) is 1. The largest absolute Gasteiger partial charge is 0.497 e. The van der Waals surface area contributed by atoms with E-state index in [2.05, 4.69) is 38.6 Å². The van der Waals surface area contributed by atoms with Crippen molar-refractivity contribution in [3.63, 3.8) is 0 Å². The summed E-state index contributed by atoms with van der Waals surface area (Å²) >= 11 is 9.49. The van der Waals surface area contributed by atoms with Crippen LogP contribution in [0.3, 0.4) is 0 Å². The fourth-order valence-electron chi connectivity index (χ4n) is 4.23. The monoisotopic (exact) mass is 586 g/mol. The molecule has 1 aliphatic rings. The molecule has 0 saturated heterocycles. The van der Waals surface area contributed by atoms with Gasteiger partial charge in [-0.15, -0.1) is 0 Å². The van der Waals surface area contributed by atoms with Crippen LogP contribution in [0.4, 0.5) is 5.69 Å². The summed E-state index contributed by atoms with van der Waals surface area (Å²) in [7, 11) is 1.66. The van der Waals surface area contributed by atoms with Crippen LogP contribution in [0.15, 0.2) is 112 Å². The Morgan fingerprint density at radius 1 is 1.03 bits per heavy atom. The molecule has 6 nitrogen and oxygen atoms in total. The highest BCUT2D eigenvalue weighted by Gasteiger charge is 2.30. The van der Waals surface area contributed by atoms with Gasteiger partial charge in [0.05, 0.1) is 36.3 Å². The Morgan fingerprint density at radius 2 is 1.74 bits per heavy atom. The van der Waals surface area contributed by atoms with Crippen LogP contribution in [-0.4, -0.2) is 24.9 Å². The van der Waals surface area contributed by atoms with Gasteiger partial charge in [-0.25, -0.2) is 5.43 Å². The molecule has 0 aromatic heterocycles. The second kappa shape index (κ2) is 11.6. The van der Waals surface area contributed by atoms with Gasteiger partial charge in [-0.3, -0.25) is 9.80 Å². The molecule has 190 valence electrons. The van der Waals surface area contributed by atoms with E-state index in [0.29, 0.717) is 15.1 Å². The molecule has 0 fully saturated rings. The lowest BCUT2D eigenvalue weighted by Gasteiger charge is -2.24. The van der Waals surface area contributed by atoms with E-state index < -0.39 is 0 Å². The third-order valence-corrected chi connectivity index (χ3v) is 7.19. The zero-order valence-electron chi connectivity index (χ0n) is 20.5. The maximum absolute atomic E-state index is 12.4. The summed E-state index contributed by atoms with van der Waals surface area (Å²) < 4.78 is 6.06. The minimum atomic E-state index is -0.284. The number of carbonyl (C=O) groups is 1. The third kappa shape index (κ3) is 5.79. The molecule has 0 aliphatic carbocycles. The van der Waals surface area contributed by atoms with Gasteiger partial charge in [0.15, 0.2) is 0 Å². The third-order valence-electron chi connectivity index (χ3n) is 6.24. The van der Waals surface area contributed by atoms with E-state index in [9.17, 15) is 4.79 Å². The van der Waals surface area contributed by atoms with Crippen LogP contribution in [0.2, 0.25) is 5.02 Å². The van der Waals surface area contributed by atoms with Crippen LogP contribution >= 0.6 is 27.5 Å². The lowest BCUT2D eigenvalue weighted by molar-refractivity contribution is 0.0954. The fraction of sp³-hybridized carbons (Fsp3) is 0.100. The van der Waals surface area contributed by atoms with Gasteiger partial charge in [0.1, 0.15) is 5.75 Å². The molecule has 0 radical (unpaired) electrons. The highest BCUT2D eigenvalue weighted by molar-refractivity contribution is 9.10. The van der Waals surface area contributed by atoms with Crippen LogP contribution in [0.25, 0.3) is 0 Å². The van der Waals surface area contributed by atoms with Crippen LogP contribution in [-0.2, 0) is 0 Å². The Hall–Kier alpha value is -3.94. The predicted molar refractivity (Wildman–Crippen MR) is 156 cm³/mol. The zero-order valence-corrected chi connectivity index (χ0v) is 22.9. The highest BCUT2D eigenvalue weighted by Crippen LogP contribution is 2.37. The smallest absolute Gasteiger partial charge is 0.272 e. The molecule has 1 N–H and O–H groups in total. The number of benzene rings is 4. The van der Waals surface area contributed by atoms with E-state index in [1.54, 1.807) is 25.5 Å². The van der Waals surface area contributed by atoms with Gasteiger partial charge in [-0.1, -0.05) is 60.1 Å². The molecule has 8 heteroatoms. The van der Waals surface area contributed by atoms with Gasteiger partial charge in [-0.05, 0) is 81.2 Å². The van der Waals surface area contributed by atoms with Crippen molar-refractivity contribution in [3.05, 3.63) is 129 Å². The van der Waals surface area contributed by atoms with Crippen molar-refractivity contribution >= 4 is 51.1 Å². The second-order valence-corrected chi connectivity index (χ2v) is 9.95. The van der Waals surface area contributed by atoms with Gasteiger partial charge in [0, 0.05) is 15.9 Å². The van der Waals surface area contributed by atoms with Gasteiger partial charge in [-0.2, -0.15) is 10.2 Å². The lowest BCUT2D eigenvalue weighted by Crippen LogP contribution is -2.18. The minimum absolute atomic E-state index is 0.0229. The van der Waals surface area contributed by atoms with Crippen molar-refractivity contribution in [3.8, 4) is 5.75 Å². The molecule has 1 unspecified atom stereocenters.